The van der Waals surface area contributed by atoms with Gasteiger partial charge in [-0.3, -0.25) is 13.9 Å². The molecular formula is C35H38ClN3O5S. The monoisotopic (exact) mass is 647 g/mol. The number of amides is 2. The molecule has 0 radical (unpaired) electrons. The highest BCUT2D eigenvalue weighted by molar-refractivity contribution is 7.92. The average Bonchev–Trinajstić information content (AvgIpc) is 3.05. The molecule has 8 nitrogen and oxygen atoms in total. The van der Waals surface area contributed by atoms with Gasteiger partial charge in [0, 0.05) is 24.5 Å². The Morgan fingerprint density at radius 3 is 2.18 bits per heavy atom. The van der Waals surface area contributed by atoms with E-state index in [1.54, 1.807) is 36.4 Å². The van der Waals surface area contributed by atoms with Crippen molar-refractivity contribution in [3.8, 4) is 5.75 Å². The number of nitrogens with zero attached hydrogens (tertiary/aromatic N) is 2. The minimum absolute atomic E-state index is 0.0159. The summed E-state index contributed by atoms with van der Waals surface area (Å²) in [6.45, 7) is 3.91. The summed E-state index contributed by atoms with van der Waals surface area (Å²) in [6, 6.07) is 28.5. The van der Waals surface area contributed by atoms with Crippen LogP contribution < -0.4 is 14.4 Å². The van der Waals surface area contributed by atoms with Gasteiger partial charge in [-0.15, -0.1) is 0 Å². The molecule has 0 aliphatic rings. The van der Waals surface area contributed by atoms with Gasteiger partial charge in [0.05, 0.1) is 17.7 Å². The maximum absolute atomic E-state index is 14.5. The fraction of sp³-hybridized carbons (Fsp3) is 0.257. The Morgan fingerprint density at radius 2 is 1.56 bits per heavy atom. The lowest BCUT2D eigenvalue weighted by molar-refractivity contribution is -0.140. The number of hydrogen-bond donors (Lipinski definition) is 1. The van der Waals surface area contributed by atoms with Gasteiger partial charge in [-0.05, 0) is 73.0 Å². The Hall–Kier alpha value is -4.34. The molecule has 0 saturated heterocycles. The molecule has 4 aromatic carbocycles. The normalized spacial score (nSPS) is 11.8. The number of carbonyl (C=O) groups excluding carboxylic acids is 2. The van der Waals surface area contributed by atoms with E-state index in [0.717, 1.165) is 27.4 Å². The molecule has 0 aliphatic heterocycles. The standard InChI is InChI=1S/C35H38ClN3O5S/c1-4-21-37-35(41)33(23-27-10-6-5-7-11-27)38(24-28-12-8-9-26(2)22-28)34(40)25-39(30-15-13-29(36)14-16-30)45(42,43)32-19-17-31(44-3)18-20-32/h5-20,22,33H,4,21,23-25H2,1-3H3,(H,37,41)/t33-/m0/s1. The number of benzene rings is 4. The van der Waals surface area contributed by atoms with E-state index in [-0.39, 0.29) is 29.5 Å². The third-order valence-corrected chi connectivity index (χ3v) is 9.34. The average molecular weight is 648 g/mol. The first-order valence-electron chi connectivity index (χ1n) is 14.7. The van der Waals surface area contributed by atoms with Crippen molar-refractivity contribution >= 4 is 39.1 Å². The van der Waals surface area contributed by atoms with Crippen LogP contribution in [0.25, 0.3) is 0 Å². The van der Waals surface area contributed by atoms with Gasteiger partial charge in [-0.1, -0.05) is 78.7 Å². The minimum atomic E-state index is -4.23. The van der Waals surface area contributed by atoms with Gasteiger partial charge in [0.25, 0.3) is 10.0 Å². The first-order valence-corrected chi connectivity index (χ1v) is 16.5. The van der Waals surface area contributed by atoms with Crippen LogP contribution in [0.15, 0.2) is 108 Å². The molecule has 45 heavy (non-hydrogen) atoms. The number of sulfonamides is 1. The Bertz CT molecular complexity index is 1680. The van der Waals surface area contributed by atoms with Crippen molar-refractivity contribution in [1.82, 2.24) is 10.2 Å². The number of rotatable bonds is 14. The van der Waals surface area contributed by atoms with Crippen LogP contribution in [0.3, 0.4) is 0 Å². The predicted molar refractivity (Wildman–Crippen MR) is 178 cm³/mol. The van der Waals surface area contributed by atoms with Crippen LogP contribution >= 0.6 is 11.6 Å². The lowest BCUT2D eigenvalue weighted by Crippen LogP contribution is -2.53. The van der Waals surface area contributed by atoms with E-state index in [1.165, 1.54) is 24.1 Å². The molecule has 10 heteroatoms. The highest BCUT2D eigenvalue weighted by atomic mass is 35.5. The fourth-order valence-electron chi connectivity index (χ4n) is 4.94. The highest BCUT2D eigenvalue weighted by Gasteiger charge is 2.34. The second kappa shape index (κ2) is 15.6. The van der Waals surface area contributed by atoms with E-state index in [2.05, 4.69) is 5.32 Å². The molecule has 0 fully saturated rings. The number of anilines is 1. The molecule has 0 aromatic heterocycles. The Morgan fingerprint density at radius 1 is 0.889 bits per heavy atom. The number of nitrogens with one attached hydrogen (secondary N) is 1. The number of carbonyl (C=O) groups is 2. The number of aryl methyl sites for hydroxylation is 1. The van der Waals surface area contributed by atoms with Crippen molar-refractivity contribution in [2.45, 2.75) is 44.2 Å². The van der Waals surface area contributed by atoms with Gasteiger partial charge in [0.15, 0.2) is 0 Å². The van der Waals surface area contributed by atoms with Crippen molar-refractivity contribution in [1.29, 1.82) is 0 Å². The molecule has 0 bridgehead atoms. The fourth-order valence-corrected chi connectivity index (χ4v) is 6.48. The van der Waals surface area contributed by atoms with Crippen LogP contribution in [-0.4, -0.2) is 51.4 Å². The SMILES string of the molecule is CCCNC(=O)[C@H](Cc1ccccc1)N(Cc1cccc(C)c1)C(=O)CN(c1ccc(Cl)cc1)S(=O)(=O)c1ccc(OC)cc1. The summed E-state index contributed by atoms with van der Waals surface area (Å²) in [5.41, 5.74) is 2.95. The number of halogens is 1. The van der Waals surface area contributed by atoms with Crippen LogP contribution in [0.5, 0.6) is 5.75 Å². The van der Waals surface area contributed by atoms with Crippen molar-refractivity contribution in [2.75, 3.05) is 24.5 Å². The summed E-state index contributed by atoms with van der Waals surface area (Å²) in [5.74, 6) is -0.344. The zero-order valence-corrected chi connectivity index (χ0v) is 27.2. The Kier molecular flexibility index (Phi) is 11.6. The molecule has 2 amide bonds. The summed E-state index contributed by atoms with van der Waals surface area (Å²) < 4.78 is 34.5. The summed E-state index contributed by atoms with van der Waals surface area (Å²) >= 11 is 6.13. The molecule has 0 spiro atoms. The maximum Gasteiger partial charge on any atom is 0.264 e. The summed E-state index contributed by atoms with van der Waals surface area (Å²) in [6.07, 6.45) is 0.972. The first kappa shape index (κ1) is 33.6. The number of methoxy groups -OCH3 is 1. The van der Waals surface area contributed by atoms with Crippen LogP contribution in [0.1, 0.15) is 30.0 Å². The van der Waals surface area contributed by atoms with Gasteiger partial charge in [-0.2, -0.15) is 0 Å². The second-order valence-electron chi connectivity index (χ2n) is 10.7. The maximum atomic E-state index is 14.5. The molecule has 236 valence electrons. The van der Waals surface area contributed by atoms with Crippen LogP contribution in [-0.2, 0) is 32.6 Å². The van der Waals surface area contributed by atoms with E-state index in [9.17, 15) is 18.0 Å². The van der Waals surface area contributed by atoms with E-state index in [1.807, 2.05) is 68.4 Å². The molecule has 4 aromatic rings. The van der Waals surface area contributed by atoms with Crippen molar-refractivity contribution < 1.29 is 22.7 Å². The zero-order valence-electron chi connectivity index (χ0n) is 25.6. The molecule has 4 rings (SSSR count). The molecule has 0 heterocycles. The highest BCUT2D eigenvalue weighted by Crippen LogP contribution is 2.27. The lowest BCUT2D eigenvalue weighted by atomic mass is 10.0. The van der Waals surface area contributed by atoms with E-state index in [0.29, 0.717) is 17.3 Å². The number of hydrogen-bond acceptors (Lipinski definition) is 5. The third kappa shape index (κ3) is 8.86. The largest absolute Gasteiger partial charge is 0.497 e. The van der Waals surface area contributed by atoms with Gasteiger partial charge < -0.3 is 15.0 Å². The van der Waals surface area contributed by atoms with Gasteiger partial charge in [0.1, 0.15) is 18.3 Å². The Labute approximate surface area is 270 Å². The zero-order chi connectivity index (χ0) is 32.4. The van der Waals surface area contributed by atoms with Crippen molar-refractivity contribution in [3.05, 3.63) is 125 Å². The molecule has 0 aliphatic carbocycles. The lowest BCUT2D eigenvalue weighted by Gasteiger charge is -2.34. The minimum Gasteiger partial charge on any atom is -0.497 e. The summed E-state index contributed by atoms with van der Waals surface area (Å²) in [7, 11) is -2.74. The quantitative estimate of drug-likeness (QED) is 0.181. The van der Waals surface area contributed by atoms with Gasteiger partial charge in [0.2, 0.25) is 11.8 Å². The molecule has 1 atom stereocenters. The Balaban J connectivity index is 1.79. The number of ether oxygens (including phenoxy) is 1. The second-order valence-corrected chi connectivity index (χ2v) is 13.0. The van der Waals surface area contributed by atoms with E-state index >= 15 is 0 Å². The molecule has 0 unspecified atom stereocenters. The van der Waals surface area contributed by atoms with E-state index in [4.69, 9.17) is 16.3 Å². The van der Waals surface area contributed by atoms with Crippen LogP contribution in [0, 0.1) is 6.92 Å². The first-order chi connectivity index (χ1) is 21.6. The third-order valence-electron chi connectivity index (χ3n) is 7.30. The molecule has 1 N–H and O–H groups in total. The molecular weight excluding hydrogens is 610 g/mol. The van der Waals surface area contributed by atoms with Crippen LogP contribution in [0.2, 0.25) is 5.02 Å². The molecule has 0 saturated carbocycles. The van der Waals surface area contributed by atoms with Crippen LogP contribution in [0.4, 0.5) is 5.69 Å². The van der Waals surface area contributed by atoms with E-state index < -0.39 is 28.5 Å². The topological polar surface area (TPSA) is 96.0 Å². The predicted octanol–water partition coefficient (Wildman–Crippen LogP) is 6.02. The summed E-state index contributed by atoms with van der Waals surface area (Å²) in [4.78, 5) is 29.7. The smallest absolute Gasteiger partial charge is 0.264 e. The van der Waals surface area contributed by atoms with Crippen molar-refractivity contribution in [3.63, 3.8) is 0 Å². The van der Waals surface area contributed by atoms with Gasteiger partial charge in [-0.25, -0.2) is 8.42 Å². The summed E-state index contributed by atoms with van der Waals surface area (Å²) in [5, 5.41) is 3.37. The van der Waals surface area contributed by atoms with Crippen molar-refractivity contribution in [2.24, 2.45) is 0 Å². The van der Waals surface area contributed by atoms with Gasteiger partial charge >= 0.3 is 0 Å².